The molecule has 2 aliphatic heterocycles. The van der Waals surface area contributed by atoms with E-state index in [4.69, 9.17) is 4.74 Å². The number of fused-ring (bicyclic) bond motifs is 1. The van der Waals surface area contributed by atoms with Crippen molar-refractivity contribution >= 4 is 11.7 Å². The van der Waals surface area contributed by atoms with Gasteiger partial charge < -0.3 is 20.1 Å². The van der Waals surface area contributed by atoms with E-state index in [0.717, 1.165) is 29.8 Å². The standard InChI is InChI=1S/C24H22N2O4/c27-15-5-7-19-21(13-15)30-22-14-16(28)6-8-20(22)23(19)17-3-1-2-4-18(17)24(29)26-11-9-25-10-12-26/h1-8,13,23,25,27H,9-12,14H2. The van der Waals surface area contributed by atoms with Crippen LogP contribution >= 0.6 is 0 Å². The highest BCUT2D eigenvalue weighted by atomic mass is 16.5. The second kappa shape index (κ2) is 7.46. The minimum atomic E-state index is -0.253. The van der Waals surface area contributed by atoms with Crippen LogP contribution in [0.1, 0.15) is 33.8 Å². The Hall–Kier alpha value is -3.38. The number of carbonyl (C=O) groups is 2. The molecule has 1 saturated heterocycles. The van der Waals surface area contributed by atoms with Gasteiger partial charge in [0.05, 0.1) is 6.42 Å². The number of hydrogen-bond donors (Lipinski definition) is 2. The summed E-state index contributed by atoms with van der Waals surface area (Å²) < 4.78 is 6.00. The van der Waals surface area contributed by atoms with Gasteiger partial charge in [0.2, 0.25) is 0 Å². The van der Waals surface area contributed by atoms with Crippen molar-refractivity contribution in [1.29, 1.82) is 0 Å². The lowest BCUT2D eigenvalue weighted by molar-refractivity contribution is -0.114. The van der Waals surface area contributed by atoms with Gasteiger partial charge in [0.15, 0.2) is 5.78 Å². The summed E-state index contributed by atoms with van der Waals surface area (Å²) >= 11 is 0. The van der Waals surface area contributed by atoms with Crippen LogP contribution in [0.2, 0.25) is 0 Å². The Morgan fingerprint density at radius 3 is 2.70 bits per heavy atom. The molecular weight excluding hydrogens is 380 g/mol. The summed E-state index contributed by atoms with van der Waals surface area (Å²) in [5, 5.41) is 13.2. The highest BCUT2D eigenvalue weighted by Gasteiger charge is 2.35. The number of carbonyl (C=O) groups excluding carboxylic acids is 2. The molecule has 6 heteroatoms. The van der Waals surface area contributed by atoms with Crippen molar-refractivity contribution in [3.8, 4) is 11.5 Å². The van der Waals surface area contributed by atoms with Crippen LogP contribution in [-0.2, 0) is 4.79 Å². The van der Waals surface area contributed by atoms with Gasteiger partial charge in [0.1, 0.15) is 17.3 Å². The molecule has 0 radical (unpaired) electrons. The van der Waals surface area contributed by atoms with Crippen LogP contribution in [0.5, 0.6) is 11.5 Å². The predicted octanol–water partition coefficient (Wildman–Crippen LogP) is 2.75. The monoisotopic (exact) mass is 402 g/mol. The van der Waals surface area contributed by atoms with Gasteiger partial charge in [0, 0.05) is 54.9 Å². The fourth-order valence-corrected chi connectivity index (χ4v) is 4.41. The first-order valence-electron chi connectivity index (χ1n) is 10.2. The van der Waals surface area contributed by atoms with Gasteiger partial charge in [-0.3, -0.25) is 9.59 Å². The van der Waals surface area contributed by atoms with Gasteiger partial charge in [-0.2, -0.15) is 0 Å². The van der Waals surface area contributed by atoms with Crippen molar-refractivity contribution in [2.24, 2.45) is 0 Å². The van der Waals surface area contributed by atoms with Crippen molar-refractivity contribution in [3.63, 3.8) is 0 Å². The quantitative estimate of drug-likeness (QED) is 0.808. The zero-order valence-electron chi connectivity index (χ0n) is 16.4. The summed E-state index contributed by atoms with van der Waals surface area (Å²) in [6.45, 7) is 2.92. The summed E-state index contributed by atoms with van der Waals surface area (Å²) in [5.74, 6) is 0.927. The number of nitrogens with zero attached hydrogens (tertiary/aromatic N) is 1. The number of hydrogen-bond acceptors (Lipinski definition) is 5. The third-order valence-electron chi connectivity index (χ3n) is 5.86. The van der Waals surface area contributed by atoms with Crippen LogP contribution in [0.4, 0.5) is 0 Å². The van der Waals surface area contributed by atoms with Crippen LogP contribution < -0.4 is 10.1 Å². The number of nitrogens with one attached hydrogen (secondary N) is 1. The molecule has 0 bridgehead atoms. The van der Waals surface area contributed by atoms with Gasteiger partial charge in [-0.15, -0.1) is 0 Å². The molecule has 2 N–H and O–H groups in total. The Balaban J connectivity index is 1.65. The molecule has 5 rings (SSSR count). The Morgan fingerprint density at radius 2 is 1.87 bits per heavy atom. The third kappa shape index (κ3) is 3.19. The average Bonchev–Trinajstić information content (AvgIpc) is 2.77. The SMILES string of the molecule is O=C1C=CC2=C(C1)Oc1cc(O)ccc1C2c1ccccc1C(=O)N1CCNCC1. The number of piperazine rings is 1. The van der Waals surface area contributed by atoms with Crippen molar-refractivity contribution in [2.45, 2.75) is 12.3 Å². The molecular formula is C24H22N2O4. The van der Waals surface area contributed by atoms with Crippen LogP contribution in [0.15, 0.2) is 65.9 Å². The zero-order valence-corrected chi connectivity index (χ0v) is 16.4. The molecule has 0 aromatic heterocycles. The molecule has 1 fully saturated rings. The predicted molar refractivity (Wildman–Crippen MR) is 112 cm³/mol. The molecule has 2 heterocycles. The topological polar surface area (TPSA) is 78.9 Å². The van der Waals surface area contributed by atoms with E-state index < -0.39 is 0 Å². The number of ketones is 1. The fourth-order valence-electron chi connectivity index (χ4n) is 4.41. The molecule has 2 aromatic rings. The maximum atomic E-state index is 13.4. The molecule has 1 atom stereocenters. The number of phenols is 1. The maximum absolute atomic E-state index is 13.4. The minimum Gasteiger partial charge on any atom is -0.508 e. The van der Waals surface area contributed by atoms with Gasteiger partial charge >= 0.3 is 0 Å². The third-order valence-corrected chi connectivity index (χ3v) is 5.86. The average molecular weight is 402 g/mol. The van der Waals surface area contributed by atoms with E-state index in [2.05, 4.69) is 5.32 Å². The van der Waals surface area contributed by atoms with Crippen molar-refractivity contribution in [3.05, 3.63) is 82.6 Å². The van der Waals surface area contributed by atoms with E-state index in [1.165, 1.54) is 0 Å². The normalized spacial score (nSPS) is 20.5. The Bertz CT molecular complexity index is 1100. The van der Waals surface area contributed by atoms with E-state index in [-0.39, 0.29) is 29.8 Å². The first-order chi connectivity index (χ1) is 14.6. The summed E-state index contributed by atoms with van der Waals surface area (Å²) in [7, 11) is 0. The van der Waals surface area contributed by atoms with Crippen LogP contribution in [0.3, 0.4) is 0 Å². The van der Waals surface area contributed by atoms with E-state index in [1.54, 1.807) is 24.3 Å². The van der Waals surface area contributed by atoms with E-state index in [9.17, 15) is 14.7 Å². The number of allylic oxidation sites excluding steroid dienone is 4. The van der Waals surface area contributed by atoms with E-state index in [1.807, 2.05) is 35.2 Å². The second-order valence-electron chi connectivity index (χ2n) is 7.74. The van der Waals surface area contributed by atoms with Crippen LogP contribution in [0, 0.1) is 0 Å². The van der Waals surface area contributed by atoms with E-state index >= 15 is 0 Å². The Labute approximate surface area is 174 Å². The lowest BCUT2D eigenvalue weighted by Gasteiger charge is -2.33. The fraction of sp³-hybridized carbons (Fsp3) is 0.250. The summed E-state index contributed by atoms with van der Waals surface area (Å²) in [5.41, 5.74) is 3.28. The lowest BCUT2D eigenvalue weighted by Crippen LogP contribution is -2.46. The van der Waals surface area contributed by atoms with Crippen molar-refractivity contribution in [2.75, 3.05) is 26.2 Å². The number of amides is 1. The molecule has 6 nitrogen and oxygen atoms in total. The molecule has 0 saturated carbocycles. The first kappa shape index (κ1) is 18.6. The second-order valence-corrected chi connectivity index (χ2v) is 7.74. The molecule has 30 heavy (non-hydrogen) atoms. The van der Waals surface area contributed by atoms with Crippen LogP contribution in [-0.4, -0.2) is 47.9 Å². The molecule has 2 aromatic carbocycles. The smallest absolute Gasteiger partial charge is 0.254 e. The molecule has 1 aliphatic carbocycles. The number of phenolic OH excluding ortho intramolecular Hbond substituents is 1. The molecule has 152 valence electrons. The van der Waals surface area contributed by atoms with Crippen molar-refractivity contribution < 1.29 is 19.4 Å². The van der Waals surface area contributed by atoms with Crippen LogP contribution in [0.25, 0.3) is 0 Å². The minimum absolute atomic E-state index is 0.0111. The number of aromatic hydroxyl groups is 1. The number of benzene rings is 2. The molecule has 1 amide bonds. The van der Waals surface area contributed by atoms with Crippen molar-refractivity contribution in [1.82, 2.24) is 10.2 Å². The number of rotatable bonds is 2. The van der Waals surface area contributed by atoms with E-state index in [0.29, 0.717) is 30.2 Å². The molecule has 0 spiro atoms. The van der Waals surface area contributed by atoms with Gasteiger partial charge in [-0.05, 0) is 23.8 Å². The van der Waals surface area contributed by atoms with Gasteiger partial charge in [0.25, 0.3) is 5.91 Å². The Kier molecular flexibility index (Phi) is 4.64. The van der Waals surface area contributed by atoms with Gasteiger partial charge in [-0.1, -0.05) is 30.3 Å². The molecule has 1 unspecified atom stereocenters. The zero-order chi connectivity index (χ0) is 20.7. The summed E-state index contributed by atoms with van der Waals surface area (Å²) in [4.78, 5) is 27.3. The Morgan fingerprint density at radius 1 is 1.07 bits per heavy atom. The molecule has 3 aliphatic rings. The maximum Gasteiger partial charge on any atom is 0.254 e. The largest absolute Gasteiger partial charge is 0.508 e. The number of ether oxygens (including phenoxy) is 1. The summed E-state index contributed by atoms with van der Waals surface area (Å²) in [6.07, 6.45) is 3.54. The first-order valence-corrected chi connectivity index (χ1v) is 10.2. The summed E-state index contributed by atoms with van der Waals surface area (Å²) in [6, 6.07) is 12.7. The highest BCUT2D eigenvalue weighted by molar-refractivity contribution is 5.97. The highest BCUT2D eigenvalue weighted by Crippen LogP contribution is 2.47. The lowest BCUT2D eigenvalue weighted by atomic mass is 9.78. The van der Waals surface area contributed by atoms with Gasteiger partial charge in [-0.25, -0.2) is 0 Å².